The van der Waals surface area contributed by atoms with Crippen molar-refractivity contribution in [3.63, 3.8) is 0 Å². The van der Waals surface area contributed by atoms with Crippen LogP contribution in [0.5, 0.6) is 0 Å². The Bertz CT molecular complexity index is 1080. The molecule has 0 aromatic rings. The van der Waals surface area contributed by atoms with E-state index in [1.807, 2.05) is 63.7 Å². The zero-order chi connectivity index (χ0) is 38.1. The van der Waals surface area contributed by atoms with Crippen molar-refractivity contribution in [2.45, 2.75) is 141 Å². The van der Waals surface area contributed by atoms with Gasteiger partial charge in [-0.3, -0.25) is 13.8 Å². The molecule has 4 N–H and O–H groups in total. The lowest BCUT2D eigenvalue weighted by atomic mass is 10.1. The van der Waals surface area contributed by atoms with Crippen LogP contribution in [0.3, 0.4) is 0 Å². The minimum atomic E-state index is -4.36. The van der Waals surface area contributed by atoms with Crippen LogP contribution >= 0.6 is 7.82 Å². The second-order valence-corrected chi connectivity index (χ2v) is 15.6. The van der Waals surface area contributed by atoms with Gasteiger partial charge in [0.1, 0.15) is 13.2 Å². The number of nitrogens with one attached hydrogen (secondary N) is 1. The molecule has 0 fully saturated rings. The Morgan fingerprint density at radius 3 is 2.06 bits per heavy atom. The van der Waals surface area contributed by atoms with Gasteiger partial charge in [0.15, 0.2) is 0 Å². The molecular weight excluding hydrogens is 663 g/mol. The van der Waals surface area contributed by atoms with Crippen molar-refractivity contribution in [1.82, 2.24) is 5.32 Å². The highest BCUT2D eigenvalue weighted by atomic mass is 31.2. The molecule has 0 radical (unpaired) electrons. The number of unbranched alkanes of at least 4 members (excludes halogenated alkanes) is 10. The second-order valence-electron chi connectivity index (χ2n) is 14.1. The molecule has 0 bridgehead atoms. The highest BCUT2D eigenvalue weighted by molar-refractivity contribution is 7.47. The van der Waals surface area contributed by atoms with Crippen molar-refractivity contribution in [2.75, 3.05) is 40.9 Å². The average molecular weight is 738 g/mol. The van der Waals surface area contributed by atoms with E-state index >= 15 is 0 Å². The van der Waals surface area contributed by atoms with E-state index in [1.165, 1.54) is 44.9 Å². The molecule has 0 heterocycles. The van der Waals surface area contributed by atoms with Gasteiger partial charge in [-0.15, -0.1) is 0 Å². The number of likely N-dealkylation sites (N-methyl/N-ethyl adjacent to an activating group) is 1. The highest BCUT2D eigenvalue weighted by Crippen LogP contribution is 2.43. The fourth-order valence-electron chi connectivity index (χ4n) is 4.86. The largest absolute Gasteiger partial charge is 0.472 e. The first-order valence-corrected chi connectivity index (χ1v) is 20.9. The van der Waals surface area contributed by atoms with Crippen LogP contribution in [-0.4, -0.2) is 84.6 Å². The summed E-state index contributed by atoms with van der Waals surface area (Å²) in [7, 11) is 1.48. The SMILES string of the molecule is CC/C=C\C/C=C\CC(O)/C=C/C=C\C/C=C\CCCC(=O)N[C@@H](COP(=O)(O)OCC[N+](C)(C)C)[C@H](O)/C=C/CCCCCCCCCCC. The molecule has 0 spiro atoms. The lowest BCUT2D eigenvalue weighted by molar-refractivity contribution is -0.870. The normalized spacial score (nSPS) is 16.0. The van der Waals surface area contributed by atoms with E-state index in [1.54, 1.807) is 12.2 Å². The molecular formula is C41H74N2O7P+. The summed E-state index contributed by atoms with van der Waals surface area (Å²) in [4.78, 5) is 23.0. The summed E-state index contributed by atoms with van der Waals surface area (Å²) in [5.74, 6) is -0.266. The van der Waals surface area contributed by atoms with Crippen LogP contribution < -0.4 is 5.32 Å². The van der Waals surface area contributed by atoms with E-state index in [4.69, 9.17) is 9.05 Å². The summed E-state index contributed by atoms with van der Waals surface area (Å²) in [6.07, 6.45) is 38.6. The third-order valence-electron chi connectivity index (χ3n) is 8.01. The number of quaternary nitrogens is 1. The van der Waals surface area contributed by atoms with E-state index < -0.39 is 26.1 Å². The number of carbonyl (C=O) groups is 1. The first-order chi connectivity index (χ1) is 24.4. The number of rotatable bonds is 33. The molecule has 51 heavy (non-hydrogen) atoms. The highest BCUT2D eigenvalue weighted by Gasteiger charge is 2.27. The summed E-state index contributed by atoms with van der Waals surface area (Å²) in [6.45, 7) is 4.52. The second kappa shape index (κ2) is 32.5. The van der Waals surface area contributed by atoms with Crippen LogP contribution in [0.2, 0.25) is 0 Å². The van der Waals surface area contributed by atoms with Gasteiger partial charge in [0.2, 0.25) is 5.91 Å². The predicted octanol–water partition coefficient (Wildman–Crippen LogP) is 9.04. The Hall–Kier alpha value is -2.10. The molecule has 0 saturated carbocycles. The van der Waals surface area contributed by atoms with Crippen molar-refractivity contribution in [3.05, 3.63) is 72.9 Å². The van der Waals surface area contributed by atoms with Crippen LogP contribution in [0.1, 0.15) is 123 Å². The first-order valence-electron chi connectivity index (χ1n) is 19.4. The van der Waals surface area contributed by atoms with E-state index in [0.717, 1.165) is 38.5 Å². The minimum absolute atomic E-state index is 0.0358. The van der Waals surface area contributed by atoms with Gasteiger partial charge in [-0.05, 0) is 51.4 Å². The van der Waals surface area contributed by atoms with E-state index in [0.29, 0.717) is 30.3 Å². The lowest BCUT2D eigenvalue weighted by Crippen LogP contribution is -2.45. The van der Waals surface area contributed by atoms with Crippen LogP contribution in [0, 0.1) is 0 Å². The van der Waals surface area contributed by atoms with Gasteiger partial charge >= 0.3 is 7.82 Å². The molecule has 10 heteroatoms. The predicted molar refractivity (Wildman–Crippen MR) is 213 cm³/mol. The standard InChI is InChI=1S/C41H73N2O7P/c1-6-8-10-12-14-15-16-17-21-25-29-33-40(45)39(37-50-51(47,48)49-36-35-43(3,4)5)42-41(46)34-30-26-22-19-18-20-24-28-32-38(44)31-27-23-13-11-9-7-2/h9,11,19-20,22-24,27-29,32-33,38-40,44-45H,6-8,10,12-18,21,25-26,30-31,34-37H2,1-5H3,(H-,42,46,47,48)/p+1/b11-9-,22-19-,24-20-,27-23-,32-28+,33-29+/t38?,39-,40+/m0/s1. The molecule has 4 atom stereocenters. The number of allylic oxidation sites excluding steroid dienone is 9. The number of hydrogen-bond acceptors (Lipinski definition) is 6. The third kappa shape index (κ3) is 34.7. The maximum Gasteiger partial charge on any atom is 0.472 e. The number of hydrogen-bond donors (Lipinski definition) is 4. The molecule has 9 nitrogen and oxygen atoms in total. The Labute approximate surface area is 311 Å². The molecule has 0 saturated heterocycles. The van der Waals surface area contributed by atoms with Gasteiger partial charge in [-0.25, -0.2) is 4.57 Å². The summed E-state index contributed by atoms with van der Waals surface area (Å²) in [5.41, 5.74) is 0. The van der Waals surface area contributed by atoms with Crippen LogP contribution in [0.15, 0.2) is 72.9 Å². The Balaban J connectivity index is 4.71. The fraction of sp³-hybridized carbons (Fsp3) is 0.683. The Morgan fingerprint density at radius 1 is 0.745 bits per heavy atom. The van der Waals surface area contributed by atoms with Gasteiger partial charge in [0.25, 0.3) is 0 Å². The van der Waals surface area contributed by atoms with Crippen molar-refractivity contribution >= 4 is 13.7 Å². The molecule has 0 aromatic carbocycles. The van der Waals surface area contributed by atoms with Gasteiger partial charge < -0.3 is 24.9 Å². The van der Waals surface area contributed by atoms with Crippen molar-refractivity contribution < 1.29 is 38.0 Å². The van der Waals surface area contributed by atoms with Crippen molar-refractivity contribution in [2.24, 2.45) is 0 Å². The number of carbonyl (C=O) groups excluding carboxylic acids is 1. The smallest absolute Gasteiger partial charge is 0.389 e. The summed E-state index contributed by atoms with van der Waals surface area (Å²) in [5, 5.41) is 23.7. The van der Waals surface area contributed by atoms with E-state index in [-0.39, 0.29) is 25.5 Å². The van der Waals surface area contributed by atoms with Crippen LogP contribution in [0.25, 0.3) is 0 Å². The molecule has 2 unspecified atom stereocenters. The first kappa shape index (κ1) is 48.9. The zero-order valence-corrected chi connectivity index (χ0v) is 33.6. The van der Waals surface area contributed by atoms with Crippen LogP contribution in [0.4, 0.5) is 0 Å². The van der Waals surface area contributed by atoms with Crippen molar-refractivity contribution in [3.8, 4) is 0 Å². The molecule has 0 aliphatic rings. The minimum Gasteiger partial charge on any atom is -0.389 e. The lowest BCUT2D eigenvalue weighted by Gasteiger charge is -2.25. The number of aliphatic hydroxyl groups is 2. The van der Waals surface area contributed by atoms with Gasteiger partial charge in [-0.1, -0.05) is 138 Å². The third-order valence-corrected chi connectivity index (χ3v) is 9.00. The molecule has 0 rings (SSSR count). The summed E-state index contributed by atoms with van der Waals surface area (Å²) < 4.78 is 23.4. The monoisotopic (exact) mass is 738 g/mol. The van der Waals surface area contributed by atoms with Gasteiger partial charge in [0, 0.05) is 6.42 Å². The summed E-state index contributed by atoms with van der Waals surface area (Å²) >= 11 is 0. The summed E-state index contributed by atoms with van der Waals surface area (Å²) in [6, 6.07) is -0.898. The molecule has 0 aromatic heterocycles. The van der Waals surface area contributed by atoms with Crippen molar-refractivity contribution in [1.29, 1.82) is 0 Å². The topological polar surface area (TPSA) is 125 Å². The zero-order valence-electron chi connectivity index (χ0n) is 32.7. The number of nitrogens with zero attached hydrogens (tertiary/aromatic N) is 1. The number of aliphatic hydroxyl groups excluding tert-OH is 2. The molecule has 0 aliphatic heterocycles. The number of amides is 1. The maximum atomic E-state index is 12.8. The molecule has 1 amide bonds. The Kier molecular flexibility index (Phi) is 31.2. The molecule has 294 valence electrons. The van der Waals surface area contributed by atoms with Crippen LogP contribution in [-0.2, 0) is 18.4 Å². The number of phosphoric acid groups is 1. The maximum absolute atomic E-state index is 12.8. The van der Waals surface area contributed by atoms with E-state index in [9.17, 15) is 24.5 Å². The quantitative estimate of drug-likeness (QED) is 0.0174. The number of phosphoric ester groups is 1. The Morgan fingerprint density at radius 2 is 1.37 bits per heavy atom. The van der Waals surface area contributed by atoms with Gasteiger partial charge in [-0.2, -0.15) is 0 Å². The van der Waals surface area contributed by atoms with E-state index in [2.05, 4.69) is 37.4 Å². The average Bonchev–Trinajstić information content (AvgIpc) is 3.07. The fourth-order valence-corrected chi connectivity index (χ4v) is 5.60. The van der Waals surface area contributed by atoms with Gasteiger partial charge in [0.05, 0.1) is 46.0 Å². The molecule has 0 aliphatic carbocycles.